The van der Waals surface area contributed by atoms with Crippen LogP contribution in [0.3, 0.4) is 0 Å². The molecule has 0 radical (unpaired) electrons. The fourth-order valence-electron chi connectivity index (χ4n) is 2.11. The van der Waals surface area contributed by atoms with Gasteiger partial charge in [0, 0.05) is 13.0 Å². The molecule has 1 aromatic rings. The number of amides is 1. The predicted molar refractivity (Wildman–Crippen MR) is 80.4 cm³/mol. The highest BCUT2D eigenvalue weighted by Crippen LogP contribution is 2.29. The summed E-state index contributed by atoms with van der Waals surface area (Å²) < 4.78 is 42.3. The Morgan fingerprint density at radius 3 is 2.21 bits per heavy atom. The van der Waals surface area contributed by atoms with Crippen molar-refractivity contribution in [2.45, 2.75) is 32.0 Å². The van der Waals surface area contributed by atoms with Crippen molar-refractivity contribution in [3.63, 3.8) is 0 Å². The standard InChI is InChI=1S/C16H20F3NO4/c1-10(13(21)20-15(2,9-24-3)14(22)23)8-11-4-6-12(7-5-11)16(17,18)19/h4-7,10H,8-9H2,1-3H3,(H,20,21)(H,22,23). The minimum atomic E-state index is -4.41. The van der Waals surface area contributed by atoms with Gasteiger partial charge in [0.2, 0.25) is 5.91 Å². The van der Waals surface area contributed by atoms with Crippen molar-refractivity contribution in [2.24, 2.45) is 5.92 Å². The van der Waals surface area contributed by atoms with Crippen LogP contribution in [0.15, 0.2) is 24.3 Å². The third-order valence-corrected chi connectivity index (χ3v) is 3.57. The van der Waals surface area contributed by atoms with Gasteiger partial charge in [0.25, 0.3) is 0 Å². The van der Waals surface area contributed by atoms with E-state index in [2.05, 4.69) is 5.32 Å². The van der Waals surface area contributed by atoms with E-state index in [0.717, 1.165) is 12.1 Å². The largest absolute Gasteiger partial charge is 0.479 e. The molecular weight excluding hydrogens is 327 g/mol. The van der Waals surface area contributed by atoms with Crippen LogP contribution in [0.25, 0.3) is 0 Å². The lowest BCUT2D eigenvalue weighted by atomic mass is 9.97. The Balaban J connectivity index is 2.75. The zero-order valence-electron chi connectivity index (χ0n) is 13.6. The first-order valence-electron chi connectivity index (χ1n) is 7.20. The summed E-state index contributed by atoms with van der Waals surface area (Å²) in [5.41, 5.74) is -1.78. The van der Waals surface area contributed by atoms with Crippen LogP contribution in [0.4, 0.5) is 13.2 Å². The van der Waals surface area contributed by atoms with Crippen molar-refractivity contribution in [3.8, 4) is 0 Å². The average molecular weight is 347 g/mol. The molecule has 1 aromatic carbocycles. The van der Waals surface area contributed by atoms with Gasteiger partial charge in [-0.15, -0.1) is 0 Å². The topological polar surface area (TPSA) is 75.6 Å². The van der Waals surface area contributed by atoms with Gasteiger partial charge in [0.1, 0.15) is 0 Å². The maximum absolute atomic E-state index is 12.5. The van der Waals surface area contributed by atoms with Gasteiger partial charge in [-0.25, -0.2) is 4.79 Å². The van der Waals surface area contributed by atoms with Gasteiger partial charge in [-0.3, -0.25) is 4.79 Å². The molecule has 5 nitrogen and oxygen atoms in total. The lowest BCUT2D eigenvalue weighted by Gasteiger charge is -2.27. The highest BCUT2D eigenvalue weighted by Gasteiger charge is 2.36. The quantitative estimate of drug-likeness (QED) is 0.795. The molecule has 134 valence electrons. The van der Waals surface area contributed by atoms with E-state index >= 15 is 0 Å². The fraction of sp³-hybridized carbons (Fsp3) is 0.500. The predicted octanol–water partition coefficient (Wildman–Crippen LogP) is 2.49. The van der Waals surface area contributed by atoms with Crippen molar-refractivity contribution in [3.05, 3.63) is 35.4 Å². The van der Waals surface area contributed by atoms with Gasteiger partial charge >= 0.3 is 12.1 Å². The van der Waals surface area contributed by atoms with E-state index in [-0.39, 0.29) is 13.0 Å². The van der Waals surface area contributed by atoms with E-state index in [1.54, 1.807) is 6.92 Å². The number of ether oxygens (including phenoxy) is 1. The minimum absolute atomic E-state index is 0.187. The Kier molecular flexibility index (Phi) is 6.36. The number of carbonyl (C=O) groups is 2. The van der Waals surface area contributed by atoms with Crippen molar-refractivity contribution in [2.75, 3.05) is 13.7 Å². The molecule has 0 saturated heterocycles. The summed E-state index contributed by atoms with van der Waals surface area (Å²) >= 11 is 0. The summed E-state index contributed by atoms with van der Waals surface area (Å²) in [7, 11) is 1.32. The first kappa shape index (κ1) is 20.0. The Morgan fingerprint density at radius 1 is 1.25 bits per heavy atom. The zero-order chi connectivity index (χ0) is 18.5. The molecule has 8 heteroatoms. The van der Waals surface area contributed by atoms with E-state index in [0.29, 0.717) is 5.56 Å². The maximum atomic E-state index is 12.5. The van der Waals surface area contributed by atoms with Crippen LogP contribution in [0.1, 0.15) is 25.0 Å². The smallest absolute Gasteiger partial charge is 0.416 e. The molecule has 1 rings (SSSR count). The maximum Gasteiger partial charge on any atom is 0.416 e. The van der Waals surface area contributed by atoms with Gasteiger partial charge in [-0.2, -0.15) is 13.2 Å². The summed E-state index contributed by atoms with van der Waals surface area (Å²) in [6.45, 7) is 2.69. The molecule has 2 unspecified atom stereocenters. The molecule has 0 aliphatic heterocycles. The number of carbonyl (C=O) groups excluding carboxylic acids is 1. The summed E-state index contributed by atoms with van der Waals surface area (Å²) in [5.74, 6) is -2.37. The molecular formula is C16H20F3NO4. The number of hydrogen-bond donors (Lipinski definition) is 2. The van der Waals surface area contributed by atoms with Crippen molar-refractivity contribution >= 4 is 11.9 Å². The summed E-state index contributed by atoms with van der Waals surface area (Å²) in [6, 6.07) is 4.51. The molecule has 0 aromatic heterocycles. The fourth-order valence-corrected chi connectivity index (χ4v) is 2.11. The van der Waals surface area contributed by atoms with Crippen LogP contribution in [0, 0.1) is 5.92 Å². The Bertz CT molecular complexity index is 586. The van der Waals surface area contributed by atoms with Crippen LogP contribution in [0.5, 0.6) is 0 Å². The van der Waals surface area contributed by atoms with Crippen LogP contribution >= 0.6 is 0 Å². The Labute approximate surface area is 137 Å². The second-order valence-corrected chi connectivity index (χ2v) is 5.86. The number of rotatable bonds is 7. The number of hydrogen-bond acceptors (Lipinski definition) is 3. The molecule has 0 aliphatic rings. The van der Waals surface area contributed by atoms with Gasteiger partial charge in [-0.1, -0.05) is 19.1 Å². The third-order valence-electron chi connectivity index (χ3n) is 3.57. The molecule has 0 fully saturated rings. The monoisotopic (exact) mass is 347 g/mol. The molecule has 0 aliphatic carbocycles. The summed E-state index contributed by atoms with van der Waals surface area (Å²) in [5, 5.41) is 11.6. The van der Waals surface area contributed by atoms with Gasteiger partial charge in [-0.05, 0) is 31.0 Å². The Hall–Kier alpha value is -2.09. The van der Waals surface area contributed by atoms with Gasteiger partial charge < -0.3 is 15.2 Å². The van der Waals surface area contributed by atoms with Crippen LogP contribution in [-0.2, 0) is 26.9 Å². The number of aliphatic carboxylic acids is 1. The minimum Gasteiger partial charge on any atom is -0.479 e. The number of nitrogens with one attached hydrogen (secondary N) is 1. The number of carboxylic acid groups (broad SMARTS) is 1. The molecule has 0 bridgehead atoms. The molecule has 0 saturated carbocycles. The zero-order valence-corrected chi connectivity index (χ0v) is 13.6. The number of halogens is 3. The van der Waals surface area contributed by atoms with E-state index in [9.17, 15) is 27.9 Å². The molecule has 2 atom stereocenters. The van der Waals surface area contributed by atoms with E-state index < -0.39 is 35.1 Å². The second-order valence-electron chi connectivity index (χ2n) is 5.86. The normalized spacial score (nSPS) is 15.4. The van der Waals surface area contributed by atoms with Crippen molar-refractivity contribution in [1.82, 2.24) is 5.32 Å². The van der Waals surface area contributed by atoms with Crippen molar-refractivity contribution in [1.29, 1.82) is 0 Å². The van der Waals surface area contributed by atoms with Crippen LogP contribution in [-0.4, -0.2) is 36.2 Å². The van der Waals surface area contributed by atoms with Gasteiger partial charge in [0.05, 0.1) is 12.2 Å². The molecule has 0 spiro atoms. The molecule has 1 amide bonds. The van der Waals surface area contributed by atoms with E-state index in [1.165, 1.54) is 26.2 Å². The summed E-state index contributed by atoms with van der Waals surface area (Å²) in [6.07, 6.45) is -4.22. The third kappa shape index (κ3) is 5.23. The first-order chi connectivity index (χ1) is 11.0. The number of methoxy groups -OCH3 is 1. The number of carboxylic acids is 1. The number of alkyl halides is 3. The van der Waals surface area contributed by atoms with E-state index in [1.807, 2.05) is 0 Å². The van der Waals surface area contributed by atoms with Crippen LogP contribution < -0.4 is 5.32 Å². The SMILES string of the molecule is COCC(C)(NC(=O)C(C)Cc1ccc(C(F)(F)F)cc1)C(=O)O. The van der Waals surface area contributed by atoms with Crippen LogP contribution in [0.2, 0.25) is 0 Å². The highest BCUT2D eigenvalue weighted by atomic mass is 19.4. The second kappa shape index (κ2) is 7.65. The highest BCUT2D eigenvalue weighted by molar-refractivity contribution is 5.87. The molecule has 2 N–H and O–H groups in total. The van der Waals surface area contributed by atoms with E-state index in [4.69, 9.17) is 4.74 Å². The first-order valence-corrected chi connectivity index (χ1v) is 7.20. The lowest BCUT2D eigenvalue weighted by molar-refractivity contribution is -0.149. The lowest BCUT2D eigenvalue weighted by Crippen LogP contribution is -2.56. The van der Waals surface area contributed by atoms with Crippen molar-refractivity contribution < 1.29 is 32.6 Å². The average Bonchev–Trinajstić information content (AvgIpc) is 2.46. The Morgan fingerprint density at radius 2 is 1.79 bits per heavy atom. The van der Waals surface area contributed by atoms with Gasteiger partial charge in [0.15, 0.2) is 5.54 Å². The molecule has 24 heavy (non-hydrogen) atoms. The molecule has 0 heterocycles. The number of benzene rings is 1. The summed E-state index contributed by atoms with van der Waals surface area (Å²) in [4.78, 5) is 23.4.